The summed E-state index contributed by atoms with van der Waals surface area (Å²) in [6.07, 6.45) is 2.45. The number of fused-ring (bicyclic) bond motifs is 1. The lowest BCUT2D eigenvalue weighted by Crippen LogP contribution is -2.16. The van der Waals surface area contributed by atoms with Gasteiger partial charge in [0.25, 0.3) is 0 Å². The number of nitrogens with zero attached hydrogens (tertiary/aromatic N) is 1. The van der Waals surface area contributed by atoms with Gasteiger partial charge in [-0.1, -0.05) is 38.5 Å². The molecule has 0 amide bonds. The van der Waals surface area contributed by atoms with Gasteiger partial charge in [0.1, 0.15) is 0 Å². The van der Waals surface area contributed by atoms with E-state index in [1.165, 1.54) is 14.2 Å². The van der Waals surface area contributed by atoms with Crippen LogP contribution in [0.15, 0.2) is 24.3 Å². The molecule has 0 saturated carbocycles. The summed E-state index contributed by atoms with van der Waals surface area (Å²) in [6.45, 7) is 4.33. The predicted octanol–water partition coefficient (Wildman–Crippen LogP) is 3.95. The van der Waals surface area contributed by atoms with Gasteiger partial charge in [0.15, 0.2) is 0 Å². The molecule has 0 fully saturated rings. The quantitative estimate of drug-likeness (QED) is 0.752. The van der Waals surface area contributed by atoms with Crippen molar-refractivity contribution in [3.8, 4) is 0 Å². The second kappa shape index (κ2) is 7.99. The van der Waals surface area contributed by atoms with Crippen LogP contribution in [0.2, 0.25) is 0 Å². The van der Waals surface area contributed by atoms with Crippen molar-refractivity contribution >= 4 is 23.0 Å². The van der Waals surface area contributed by atoms with Crippen molar-refractivity contribution in [3.05, 3.63) is 35.5 Å². The Morgan fingerprint density at radius 3 is 2.50 bits per heavy atom. The minimum absolute atomic E-state index is 0.150. The molecule has 5 nitrogen and oxygen atoms in total. The molecule has 5 heteroatoms. The van der Waals surface area contributed by atoms with Crippen molar-refractivity contribution in [1.29, 1.82) is 0 Å². The first-order chi connectivity index (χ1) is 11.5. The molecule has 2 rings (SSSR count). The number of methoxy groups -OCH3 is 2. The summed E-state index contributed by atoms with van der Waals surface area (Å²) in [4.78, 5) is 24.2. The number of ether oxygens (including phenoxy) is 2. The van der Waals surface area contributed by atoms with E-state index in [4.69, 9.17) is 9.47 Å². The monoisotopic (exact) mass is 331 g/mol. The third-order valence-corrected chi connectivity index (χ3v) is 4.57. The first-order valence-electron chi connectivity index (χ1n) is 8.29. The number of para-hydroxylation sites is 1. The minimum atomic E-state index is -0.429. The third kappa shape index (κ3) is 3.61. The van der Waals surface area contributed by atoms with E-state index in [2.05, 4.69) is 13.8 Å². The molecule has 130 valence electrons. The summed E-state index contributed by atoms with van der Waals surface area (Å²) in [5.74, 6) is 0.229. The Morgan fingerprint density at radius 1 is 1.17 bits per heavy atom. The fourth-order valence-electron chi connectivity index (χ4n) is 2.92. The van der Waals surface area contributed by atoms with Crippen LogP contribution in [-0.2, 0) is 27.1 Å². The van der Waals surface area contributed by atoms with E-state index in [-0.39, 0.29) is 12.4 Å². The van der Waals surface area contributed by atoms with E-state index in [0.29, 0.717) is 12.3 Å². The Kier molecular flexibility index (Phi) is 6.01. The molecular formula is C19H25NO4. The molecule has 24 heavy (non-hydrogen) atoms. The van der Waals surface area contributed by atoms with Gasteiger partial charge < -0.3 is 9.47 Å². The number of carbonyl (C=O) groups is 2. The number of hydrogen-bond donors (Lipinski definition) is 0. The SMILES string of the molecule is CCC(C)CCc1c(CC(=O)OC)c2ccccc2n1C(=O)OC. The first-order valence-corrected chi connectivity index (χ1v) is 8.29. The van der Waals surface area contributed by atoms with Gasteiger partial charge in [-0.2, -0.15) is 0 Å². The highest BCUT2D eigenvalue weighted by Crippen LogP contribution is 2.29. The fourth-order valence-corrected chi connectivity index (χ4v) is 2.92. The second-order valence-corrected chi connectivity index (χ2v) is 6.05. The van der Waals surface area contributed by atoms with Crippen LogP contribution in [0.1, 0.15) is 37.9 Å². The van der Waals surface area contributed by atoms with Crippen molar-refractivity contribution < 1.29 is 19.1 Å². The van der Waals surface area contributed by atoms with Gasteiger partial charge in [-0.25, -0.2) is 9.36 Å². The molecule has 0 saturated heterocycles. The molecule has 0 aliphatic carbocycles. The Bertz CT molecular complexity index is 732. The van der Waals surface area contributed by atoms with Crippen molar-refractivity contribution in [3.63, 3.8) is 0 Å². The van der Waals surface area contributed by atoms with Gasteiger partial charge in [0, 0.05) is 11.1 Å². The molecule has 0 bridgehead atoms. The van der Waals surface area contributed by atoms with Gasteiger partial charge >= 0.3 is 12.1 Å². The van der Waals surface area contributed by atoms with E-state index in [1.54, 1.807) is 4.57 Å². The highest BCUT2D eigenvalue weighted by molar-refractivity contribution is 5.95. The van der Waals surface area contributed by atoms with Gasteiger partial charge in [-0.15, -0.1) is 0 Å². The molecule has 0 spiro atoms. The number of aromatic nitrogens is 1. The summed E-state index contributed by atoms with van der Waals surface area (Å²) in [5, 5.41) is 0.896. The van der Waals surface area contributed by atoms with Crippen LogP contribution in [0.3, 0.4) is 0 Å². The molecule has 1 unspecified atom stereocenters. The lowest BCUT2D eigenvalue weighted by Gasteiger charge is -2.12. The summed E-state index contributed by atoms with van der Waals surface area (Å²) in [6, 6.07) is 7.59. The maximum atomic E-state index is 12.4. The largest absolute Gasteiger partial charge is 0.469 e. The van der Waals surface area contributed by atoms with Crippen LogP contribution < -0.4 is 0 Å². The molecule has 1 atom stereocenters. The first kappa shape index (κ1) is 18.0. The van der Waals surface area contributed by atoms with E-state index >= 15 is 0 Å². The summed E-state index contributed by atoms with van der Waals surface area (Å²) in [7, 11) is 2.75. The van der Waals surface area contributed by atoms with Crippen LogP contribution in [0, 0.1) is 5.92 Å². The van der Waals surface area contributed by atoms with Crippen molar-refractivity contribution in [2.45, 2.75) is 39.5 Å². The average molecular weight is 331 g/mol. The summed E-state index contributed by atoms with van der Waals surface area (Å²) in [5.41, 5.74) is 2.46. The number of benzene rings is 1. The van der Waals surface area contributed by atoms with Crippen molar-refractivity contribution in [2.75, 3.05) is 14.2 Å². The Hall–Kier alpha value is -2.30. The number of carbonyl (C=O) groups excluding carboxylic acids is 2. The molecular weight excluding hydrogens is 306 g/mol. The molecule has 0 N–H and O–H groups in total. The Balaban J connectivity index is 2.60. The summed E-state index contributed by atoms with van der Waals surface area (Å²) < 4.78 is 11.4. The molecule has 1 aromatic heterocycles. The van der Waals surface area contributed by atoms with Gasteiger partial charge in [-0.05, 0) is 30.4 Å². The predicted molar refractivity (Wildman–Crippen MR) is 93.2 cm³/mol. The van der Waals surface area contributed by atoms with Crippen molar-refractivity contribution in [1.82, 2.24) is 4.57 Å². The Labute approximate surface area is 142 Å². The highest BCUT2D eigenvalue weighted by atomic mass is 16.5. The maximum absolute atomic E-state index is 12.4. The highest BCUT2D eigenvalue weighted by Gasteiger charge is 2.23. The lowest BCUT2D eigenvalue weighted by atomic mass is 9.98. The van der Waals surface area contributed by atoms with Crippen LogP contribution in [0.4, 0.5) is 4.79 Å². The van der Waals surface area contributed by atoms with E-state index in [9.17, 15) is 9.59 Å². The van der Waals surface area contributed by atoms with Gasteiger partial charge in [0.2, 0.25) is 0 Å². The van der Waals surface area contributed by atoms with Crippen LogP contribution in [0.5, 0.6) is 0 Å². The maximum Gasteiger partial charge on any atom is 0.418 e. The summed E-state index contributed by atoms with van der Waals surface area (Å²) >= 11 is 0. The molecule has 1 aromatic carbocycles. The fraction of sp³-hybridized carbons (Fsp3) is 0.474. The van der Waals surface area contributed by atoms with Crippen molar-refractivity contribution in [2.24, 2.45) is 5.92 Å². The lowest BCUT2D eigenvalue weighted by molar-refractivity contribution is -0.139. The second-order valence-electron chi connectivity index (χ2n) is 6.05. The van der Waals surface area contributed by atoms with Gasteiger partial charge in [0.05, 0.1) is 26.2 Å². The average Bonchev–Trinajstić information content (AvgIpc) is 2.92. The zero-order valence-electron chi connectivity index (χ0n) is 14.8. The smallest absolute Gasteiger partial charge is 0.418 e. The minimum Gasteiger partial charge on any atom is -0.469 e. The van der Waals surface area contributed by atoms with E-state index < -0.39 is 6.09 Å². The van der Waals surface area contributed by atoms with Crippen LogP contribution >= 0.6 is 0 Å². The van der Waals surface area contributed by atoms with Gasteiger partial charge in [-0.3, -0.25) is 4.79 Å². The van der Waals surface area contributed by atoms with Crippen LogP contribution in [0.25, 0.3) is 10.9 Å². The molecule has 2 aromatic rings. The molecule has 0 aliphatic heterocycles. The zero-order chi connectivity index (χ0) is 17.7. The Morgan fingerprint density at radius 2 is 1.88 bits per heavy atom. The number of esters is 1. The topological polar surface area (TPSA) is 57.5 Å². The zero-order valence-corrected chi connectivity index (χ0v) is 14.8. The third-order valence-electron chi connectivity index (χ3n) is 4.57. The molecule has 1 heterocycles. The normalized spacial score (nSPS) is 12.2. The number of rotatable bonds is 6. The standard InChI is InChI=1S/C19H25NO4/c1-5-13(2)10-11-17-15(12-18(21)23-3)14-8-6-7-9-16(14)20(17)19(22)24-4/h6-9,13H,5,10-12H2,1-4H3. The number of hydrogen-bond acceptors (Lipinski definition) is 4. The van der Waals surface area contributed by atoms with E-state index in [1.807, 2.05) is 24.3 Å². The molecule has 0 radical (unpaired) electrons. The van der Waals surface area contributed by atoms with Crippen LogP contribution in [-0.4, -0.2) is 30.8 Å². The molecule has 0 aliphatic rings. The van der Waals surface area contributed by atoms with E-state index in [0.717, 1.165) is 35.0 Å².